The number of rotatable bonds is 28. The van der Waals surface area contributed by atoms with Crippen LogP contribution in [0.15, 0.2) is 48.5 Å². The number of unbranched alkanes of at least 4 members (excludes halogenated alkanes) is 20. The minimum Gasteiger partial charge on any atom is -0.394 e. The molecule has 314 valence electrons. The first-order valence-corrected chi connectivity index (χ1v) is 25.3. The maximum atomic E-state index is 13.8. The average molecular weight is 797 g/mol. The molecule has 0 amide bonds. The van der Waals surface area contributed by atoms with Crippen LogP contribution in [-0.4, -0.2) is 4.89 Å². The van der Waals surface area contributed by atoms with E-state index >= 15 is 0 Å². The van der Waals surface area contributed by atoms with Gasteiger partial charge in [-0.15, -0.1) is 0 Å². The molecule has 0 atom stereocenters. The zero-order valence-electron chi connectivity index (χ0n) is 36.5. The van der Waals surface area contributed by atoms with Crippen LogP contribution in [0, 0.1) is 0 Å². The molecule has 0 fully saturated rings. The lowest BCUT2D eigenvalue weighted by Crippen LogP contribution is -1.99. The molecule has 4 aromatic rings. The molecule has 0 saturated heterocycles. The Morgan fingerprint density at radius 1 is 0.404 bits per heavy atom. The van der Waals surface area contributed by atoms with E-state index in [1.807, 2.05) is 0 Å². The summed E-state index contributed by atoms with van der Waals surface area (Å²) in [7, 11) is -4.45. The third-order valence-corrected chi connectivity index (χ3v) is 13.3. The second-order valence-electron chi connectivity index (χ2n) is 17.3. The van der Waals surface area contributed by atoms with E-state index in [-0.39, 0.29) is 0 Å². The second-order valence-corrected chi connectivity index (χ2v) is 18.6. The zero-order chi connectivity index (χ0) is 40.3. The van der Waals surface area contributed by atoms with E-state index in [4.69, 9.17) is 9.05 Å². The second kappa shape index (κ2) is 24.3. The lowest BCUT2D eigenvalue weighted by atomic mass is 9.86. The summed E-state index contributed by atoms with van der Waals surface area (Å²) in [6.07, 6.45) is 34.1. The molecule has 0 aliphatic carbocycles. The Balaban J connectivity index is 1.58. The van der Waals surface area contributed by atoms with E-state index < -0.39 is 7.82 Å². The Labute approximate surface area is 347 Å². The van der Waals surface area contributed by atoms with Crippen LogP contribution in [0.2, 0.25) is 0 Å². The fourth-order valence-electron chi connectivity index (χ4n) is 9.09. The van der Waals surface area contributed by atoms with Crippen LogP contribution in [0.4, 0.5) is 0 Å². The number of phosphoric ester groups is 1. The van der Waals surface area contributed by atoms with E-state index in [1.54, 1.807) is 0 Å². The SMILES string of the molecule is CCCCCCCCc1ccc2c3c(cc(CCCCCCCC)c2c1)OP(=O)(O)Oc1cc(CCCCCCCC)c2cc(CCCCCCCC)ccc2c1-3. The van der Waals surface area contributed by atoms with Gasteiger partial charge in [0.1, 0.15) is 11.5 Å². The van der Waals surface area contributed by atoms with Crippen LogP contribution in [0.1, 0.15) is 204 Å². The summed E-state index contributed by atoms with van der Waals surface area (Å²) in [5, 5.41) is 4.68. The van der Waals surface area contributed by atoms with Crippen molar-refractivity contribution < 1.29 is 18.5 Å². The van der Waals surface area contributed by atoms with Gasteiger partial charge in [0.25, 0.3) is 0 Å². The summed E-state index contributed by atoms with van der Waals surface area (Å²) < 4.78 is 26.1. The Hall–Kier alpha value is -2.81. The van der Waals surface area contributed by atoms with Gasteiger partial charge in [0.05, 0.1) is 0 Å². The normalized spacial score (nSPS) is 13.4. The highest BCUT2D eigenvalue weighted by atomic mass is 31.2. The maximum absolute atomic E-state index is 13.8. The Kier molecular flexibility index (Phi) is 19.3. The van der Waals surface area contributed by atoms with Gasteiger partial charge in [-0.2, -0.15) is 0 Å². The molecule has 0 radical (unpaired) electrons. The largest absolute Gasteiger partial charge is 0.584 e. The number of fused-ring (bicyclic) bond motifs is 7. The molecular weight excluding hydrogens is 720 g/mol. The summed E-state index contributed by atoms with van der Waals surface area (Å²) in [4.78, 5) is 11.3. The number of benzene rings is 4. The smallest absolute Gasteiger partial charge is 0.394 e. The molecule has 0 saturated carbocycles. The van der Waals surface area contributed by atoms with Crippen molar-refractivity contribution in [3.8, 4) is 22.6 Å². The van der Waals surface area contributed by atoms with Gasteiger partial charge in [-0.25, -0.2) is 4.57 Å². The molecule has 0 aromatic heterocycles. The Morgan fingerprint density at radius 3 is 1.07 bits per heavy atom. The van der Waals surface area contributed by atoms with Crippen molar-refractivity contribution in [2.45, 2.75) is 207 Å². The van der Waals surface area contributed by atoms with Crippen LogP contribution in [0.25, 0.3) is 32.7 Å². The van der Waals surface area contributed by atoms with Crippen LogP contribution in [0.5, 0.6) is 11.5 Å². The van der Waals surface area contributed by atoms with Gasteiger partial charge in [0, 0.05) is 11.1 Å². The average Bonchev–Trinajstić information content (AvgIpc) is 3.32. The molecule has 1 N–H and O–H groups in total. The molecule has 1 heterocycles. The third kappa shape index (κ3) is 13.6. The van der Waals surface area contributed by atoms with Crippen molar-refractivity contribution in [2.75, 3.05) is 0 Å². The van der Waals surface area contributed by atoms with E-state index in [2.05, 4.69) is 76.2 Å². The zero-order valence-corrected chi connectivity index (χ0v) is 37.4. The molecule has 4 aromatic carbocycles. The highest BCUT2D eigenvalue weighted by Crippen LogP contribution is 2.58. The number of hydrogen-bond acceptors (Lipinski definition) is 3. The Morgan fingerprint density at radius 2 is 0.719 bits per heavy atom. The van der Waals surface area contributed by atoms with E-state index in [0.717, 1.165) is 60.4 Å². The number of hydrogen-bond donors (Lipinski definition) is 1. The van der Waals surface area contributed by atoms with Crippen molar-refractivity contribution in [3.05, 3.63) is 70.8 Å². The van der Waals surface area contributed by atoms with E-state index in [0.29, 0.717) is 11.5 Å². The molecule has 4 nitrogen and oxygen atoms in total. The quantitative estimate of drug-likeness (QED) is 0.0459. The van der Waals surface area contributed by atoms with Crippen molar-refractivity contribution in [1.29, 1.82) is 0 Å². The lowest BCUT2D eigenvalue weighted by Gasteiger charge is -2.19. The van der Waals surface area contributed by atoms with E-state index in [9.17, 15) is 9.46 Å². The lowest BCUT2D eigenvalue weighted by molar-refractivity contribution is 0.294. The minimum absolute atomic E-state index is 0.470. The molecule has 0 bridgehead atoms. The van der Waals surface area contributed by atoms with Crippen molar-refractivity contribution in [3.63, 3.8) is 0 Å². The van der Waals surface area contributed by atoms with Gasteiger partial charge in [-0.1, -0.05) is 193 Å². The molecule has 57 heavy (non-hydrogen) atoms. The van der Waals surface area contributed by atoms with Gasteiger partial charge in [0.2, 0.25) is 0 Å². The molecule has 5 heteroatoms. The fraction of sp³-hybridized carbons (Fsp3) is 0.615. The van der Waals surface area contributed by atoms with Gasteiger partial charge in [0.15, 0.2) is 0 Å². The minimum atomic E-state index is -4.45. The van der Waals surface area contributed by atoms with Gasteiger partial charge in [-0.3, -0.25) is 4.89 Å². The fourth-order valence-corrected chi connectivity index (χ4v) is 9.92. The summed E-state index contributed by atoms with van der Waals surface area (Å²) >= 11 is 0. The first kappa shape index (κ1) is 45.3. The highest BCUT2D eigenvalue weighted by molar-refractivity contribution is 7.48. The standard InChI is InChI=1S/C52H77O4P/c1-5-9-13-17-21-25-29-41-33-35-45-47(37-41)43(31-27-23-19-15-11-7-3)39-49-51(45)52-46-36-34-42(30-26-22-18-14-10-6-2)38-48(46)44(32-28-24-20-16-12-8-4)40-50(52)56-57(53,54)55-49/h33-40H,5-32H2,1-4H3,(H,53,54). The predicted octanol–water partition coefficient (Wildman–Crippen LogP) is 17.1. The molecule has 1 aliphatic heterocycles. The predicted molar refractivity (Wildman–Crippen MR) is 246 cm³/mol. The third-order valence-electron chi connectivity index (χ3n) is 12.4. The first-order valence-electron chi connectivity index (χ1n) is 23.8. The molecule has 0 spiro atoms. The van der Waals surface area contributed by atoms with Crippen LogP contribution >= 0.6 is 7.82 Å². The topological polar surface area (TPSA) is 55.8 Å². The van der Waals surface area contributed by atoms with Crippen molar-refractivity contribution in [2.24, 2.45) is 0 Å². The molecule has 1 aliphatic rings. The van der Waals surface area contributed by atoms with Crippen molar-refractivity contribution in [1.82, 2.24) is 0 Å². The van der Waals surface area contributed by atoms with E-state index in [1.165, 1.54) is 174 Å². The molecular formula is C52H77O4P. The highest BCUT2D eigenvalue weighted by Gasteiger charge is 2.35. The monoisotopic (exact) mass is 797 g/mol. The van der Waals surface area contributed by atoms with Gasteiger partial charge < -0.3 is 9.05 Å². The summed E-state index contributed by atoms with van der Waals surface area (Å²) in [5.41, 5.74) is 6.95. The molecule has 5 rings (SSSR count). The van der Waals surface area contributed by atoms with Crippen LogP contribution < -0.4 is 9.05 Å². The summed E-state index contributed by atoms with van der Waals surface area (Å²) in [5.74, 6) is 0.941. The van der Waals surface area contributed by atoms with Crippen molar-refractivity contribution >= 4 is 29.4 Å². The summed E-state index contributed by atoms with van der Waals surface area (Å²) in [6.45, 7) is 9.09. The van der Waals surface area contributed by atoms with Crippen LogP contribution in [0.3, 0.4) is 0 Å². The maximum Gasteiger partial charge on any atom is 0.584 e. The summed E-state index contributed by atoms with van der Waals surface area (Å²) in [6, 6.07) is 18.1. The van der Waals surface area contributed by atoms with Gasteiger partial charge >= 0.3 is 7.82 Å². The Bertz CT molecular complexity index is 1730. The molecule has 0 unspecified atom stereocenters. The number of phosphoric acid groups is 1. The van der Waals surface area contributed by atoms with Gasteiger partial charge in [-0.05, 0) is 107 Å². The van der Waals surface area contributed by atoms with Crippen LogP contribution in [-0.2, 0) is 30.2 Å². The first-order chi connectivity index (χ1) is 27.9. The number of aryl methyl sites for hydroxylation is 4.